The molecule has 0 aliphatic heterocycles. The van der Waals surface area contributed by atoms with Crippen molar-refractivity contribution in [2.75, 3.05) is 19.6 Å². The Hall–Kier alpha value is -3.20. The van der Waals surface area contributed by atoms with Crippen LogP contribution >= 0.6 is 0 Å². The Bertz CT molecular complexity index is 1070. The van der Waals surface area contributed by atoms with E-state index in [0.717, 1.165) is 64.7 Å². The molecular formula is C35H58N4O5. The highest BCUT2D eigenvalue weighted by molar-refractivity contribution is 5.87. The molecule has 0 radical (unpaired) electrons. The Kier molecular flexibility index (Phi) is 18.3. The van der Waals surface area contributed by atoms with Gasteiger partial charge in [-0.1, -0.05) is 48.3 Å². The van der Waals surface area contributed by atoms with E-state index in [1.54, 1.807) is 0 Å². The molecule has 248 valence electrons. The minimum absolute atomic E-state index is 0.0841. The second kappa shape index (κ2) is 20.7. The van der Waals surface area contributed by atoms with Crippen molar-refractivity contribution in [1.82, 2.24) is 16.0 Å². The van der Waals surface area contributed by atoms with Gasteiger partial charge in [-0.3, -0.25) is 19.2 Å². The topological polar surface area (TPSA) is 151 Å². The molecule has 1 atom stereocenters. The lowest BCUT2D eigenvalue weighted by Crippen LogP contribution is -2.47. The number of allylic oxidation sites excluding steroid dienone is 7. The molecule has 44 heavy (non-hydrogen) atoms. The van der Waals surface area contributed by atoms with Crippen LogP contribution in [0.1, 0.15) is 119 Å². The van der Waals surface area contributed by atoms with Gasteiger partial charge in [0, 0.05) is 38.3 Å². The van der Waals surface area contributed by atoms with Crippen LogP contribution in [-0.4, -0.2) is 54.5 Å². The van der Waals surface area contributed by atoms with Crippen molar-refractivity contribution < 1.29 is 24.3 Å². The number of nitrogens with one attached hydrogen (secondary N) is 3. The number of nitrogens with two attached hydrogens (primary N) is 1. The Morgan fingerprint density at radius 2 is 1.57 bits per heavy atom. The number of hydrogen-bond acceptors (Lipinski definition) is 5. The Morgan fingerprint density at radius 1 is 0.909 bits per heavy atom. The first kappa shape index (κ1) is 38.8. The average molecular weight is 615 g/mol. The van der Waals surface area contributed by atoms with Gasteiger partial charge in [0.05, 0.1) is 0 Å². The maximum Gasteiger partial charge on any atom is 0.300 e. The van der Waals surface area contributed by atoms with Crippen LogP contribution < -0.4 is 21.7 Å². The molecule has 3 amide bonds. The zero-order valence-electron chi connectivity index (χ0n) is 28.1. The molecule has 0 aromatic rings. The van der Waals surface area contributed by atoms with Gasteiger partial charge in [0.1, 0.15) is 6.04 Å². The normalized spacial score (nSPS) is 16.1. The summed E-state index contributed by atoms with van der Waals surface area (Å²) in [6.07, 6.45) is 15.8. The molecule has 0 aromatic carbocycles. The molecule has 2 rings (SSSR count). The maximum absolute atomic E-state index is 12.9. The molecule has 0 bridgehead atoms. The highest BCUT2D eigenvalue weighted by Crippen LogP contribution is 2.49. The summed E-state index contributed by atoms with van der Waals surface area (Å²) in [6, 6.07) is -0.548. The van der Waals surface area contributed by atoms with Gasteiger partial charge in [0.15, 0.2) is 0 Å². The summed E-state index contributed by atoms with van der Waals surface area (Å²) in [4.78, 5) is 46.9. The number of hydrogen-bond donors (Lipinski definition) is 5. The highest BCUT2D eigenvalue weighted by atomic mass is 16.4. The fourth-order valence-electron chi connectivity index (χ4n) is 5.67. The van der Waals surface area contributed by atoms with Gasteiger partial charge < -0.3 is 26.8 Å². The fraction of sp³-hybridized carbons (Fsp3) is 0.657. The van der Waals surface area contributed by atoms with E-state index < -0.39 is 12.0 Å². The van der Waals surface area contributed by atoms with E-state index in [4.69, 9.17) is 15.6 Å². The van der Waals surface area contributed by atoms with Crippen LogP contribution in [-0.2, 0) is 19.2 Å². The molecule has 0 fully saturated rings. The Labute approximate surface area is 265 Å². The molecule has 0 aromatic heterocycles. The van der Waals surface area contributed by atoms with Gasteiger partial charge in [-0.2, -0.15) is 0 Å². The van der Waals surface area contributed by atoms with Gasteiger partial charge in [0.25, 0.3) is 5.97 Å². The van der Waals surface area contributed by atoms with Crippen molar-refractivity contribution in [3.8, 4) is 0 Å². The lowest BCUT2D eigenvalue weighted by molar-refractivity contribution is -0.134. The van der Waals surface area contributed by atoms with Crippen molar-refractivity contribution in [3.05, 3.63) is 46.1 Å². The predicted octanol–water partition coefficient (Wildman–Crippen LogP) is 5.62. The largest absolute Gasteiger partial charge is 0.481 e. The van der Waals surface area contributed by atoms with E-state index in [-0.39, 0.29) is 23.1 Å². The third-order valence-corrected chi connectivity index (χ3v) is 9.04. The molecule has 0 heterocycles. The van der Waals surface area contributed by atoms with E-state index >= 15 is 0 Å². The van der Waals surface area contributed by atoms with Gasteiger partial charge >= 0.3 is 0 Å². The SMILES string of the molecule is CC(=O)O.CC1=C(C)C(C)(CCC(=O)NC(CCCCN)C(=O)NCCCCCC(=O)NCCC2=CC=CCC2)C(C)=C1C. The van der Waals surface area contributed by atoms with Gasteiger partial charge in [-0.15, -0.1) is 0 Å². The van der Waals surface area contributed by atoms with Crippen LogP contribution in [0.15, 0.2) is 46.1 Å². The third kappa shape index (κ3) is 14.1. The number of amides is 3. The van der Waals surface area contributed by atoms with Crippen molar-refractivity contribution in [2.24, 2.45) is 11.1 Å². The smallest absolute Gasteiger partial charge is 0.300 e. The minimum Gasteiger partial charge on any atom is -0.481 e. The summed E-state index contributed by atoms with van der Waals surface area (Å²) >= 11 is 0. The number of carboxylic acids is 1. The number of carbonyl (C=O) groups excluding carboxylic acids is 3. The van der Waals surface area contributed by atoms with Crippen LogP contribution in [0.2, 0.25) is 0 Å². The van der Waals surface area contributed by atoms with Crippen LogP contribution in [0.25, 0.3) is 0 Å². The van der Waals surface area contributed by atoms with Gasteiger partial charge in [-0.05, 0) is 103 Å². The maximum atomic E-state index is 12.9. The van der Waals surface area contributed by atoms with E-state index in [9.17, 15) is 14.4 Å². The first-order chi connectivity index (χ1) is 20.8. The molecular weight excluding hydrogens is 556 g/mol. The number of aliphatic carboxylic acids is 1. The average Bonchev–Trinajstić information content (AvgIpc) is 3.13. The molecule has 9 heteroatoms. The molecule has 0 saturated carbocycles. The Balaban J connectivity index is 0.00000227. The summed E-state index contributed by atoms with van der Waals surface area (Å²) in [5, 5.41) is 16.4. The zero-order chi connectivity index (χ0) is 33.1. The lowest BCUT2D eigenvalue weighted by Gasteiger charge is -2.29. The molecule has 1 unspecified atom stereocenters. The van der Waals surface area contributed by atoms with E-state index in [0.29, 0.717) is 38.9 Å². The van der Waals surface area contributed by atoms with Gasteiger partial charge in [-0.25, -0.2) is 0 Å². The number of carbonyl (C=O) groups is 4. The summed E-state index contributed by atoms with van der Waals surface area (Å²) in [7, 11) is 0. The number of carboxylic acid groups (broad SMARTS) is 1. The number of unbranched alkanes of at least 4 members (excludes halogenated alkanes) is 3. The fourth-order valence-corrected chi connectivity index (χ4v) is 5.67. The van der Waals surface area contributed by atoms with Gasteiger partial charge in [0.2, 0.25) is 17.7 Å². The third-order valence-electron chi connectivity index (χ3n) is 9.04. The number of rotatable bonds is 18. The van der Waals surface area contributed by atoms with Crippen molar-refractivity contribution in [2.45, 2.75) is 125 Å². The van der Waals surface area contributed by atoms with Crippen LogP contribution in [0.3, 0.4) is 0 Å². The van der Waals surface area contributed by atoms with Crippen LogP contribution in [0.4, 0.5) is 0 Å². The van der Waals surface area contributed by atoms with E-state index in [1.807, 2.05) is 0 Å². The summed E-state index contributed by atoms with van der Waals surface area (Å²) in [5.41, 5.74) is 12.3. The lowest BCUT2D eigenvalue weighted by atomic mass is 9.75. The minimum atomic E-state index is -0.833. The quantitative estimate of drug-likeness (QED) is 0.126. The first-order valence-corrected chi connectivity index (χ1v) is 16.3. The van der Waals surface area contributed by atoms with Crippen molar-refractivity contribution in [1.29, 1.82) is 0 Å². The molecule has 0 saturated heterocycles. The summed E-state index contributed by atoms with van der Waals surface area (Å²) in [5.74, 6) is -0.966. The molecule has 0 spiro atoms. The second-order valence-corrected chi connectivity index (χ2v) is 12.2. The van der Waals surface area contributed by atoms with Crippen LogP contribution in [0, 0.1) is 5.41 Å². The van der Waals surface area contributed by atoms with Crippen LogP contribution in [0.5, 0.6) is 0 Å². The molecule has 2 aliphatic carbocycles. The standard InChI is InChI=1S/C33H54N4O3.C2H4O2/c1-24-25(2)27(4)33(5,26(24)3)20-18-31(39)37-29(16-11-12-21-34)32(40)36-22-13-7-10-17-30(38)35-23-19-28-14-8-6-9-15-28;1-2(3)4/h6,8,14,29H,7,9-13,15-23,34H2,1-5H3,(H,35,38)(H,36,40)(H,37,39);1H3,(H,3,4). The highest BCUT2D eigenvalue weighted by Gasteiger charge is 2.36. The zero-order valence-corrected chi connectivity index (χ0v) is 28.1. The van der Waals surface area contributed by atoms with Crippen molar-refractivity contribution in [3.63, 3.8) is 0 Å². The van der Waals surface area contributed by atoms with Crippen molar-refractivity contribution >= 4 is 23.7 Å². The summed E-state index contributed by atoms with van der Waals surface area (Å²) in [6.45, 7) is 13.7. The molecule has 6 N–H and O–H groups in total. The second-order valence-electron chi connectivity index (χ2n) is 12.2. The Morgan fingerprint density at radius 3 is 2.16 bits per heavy atom. The monoisotopic (exact) mass is 614 g/mol. The summed E-state index contributed by atoms with van der Waals surface area (Å²) < 4.78 is 0. The van der Waals surface area contributed by atoms with E-state index in [1.165, 1.54) is 27.9 Å². The molecule has 2 aliphatic rings. The molecule has 9 nitrogen and oxygen atoms in total. The predicted molar refractivity (Wildman–Crippen MR) is 178 cm³/mol. The van der Waals surface area contributed by atoms with E-state index in [2.05, 4.69) is 68.8 Å². The first-order valence-electron chi connectivity index (χ1n) is 16.3.